The molecule has 1 aliphatic rings. The van der Waals surface area contributed by atoms with Crippen LogP contribution in [0.25, 0.3) is 0 Å². The minimum Gasteiger partial charge on any atom is -0.493 e. The summed E-state index contributed by atoms with van der Waals surface area (Å²) in [5, 5.41) is 3.40. The molecule has 0 spiro atoms. The first-order valence-electron chi connectivity index (χ1n) is 5.57. The fourth-order valence-electron chi connectivity index (χ4n) is 2.02. The SMILES string of the molecule is CCNC1CCCOc2cc(F)c(Br)cc21. The molecule has 1 aromatic carbocycles. The van der Waals surface area contributed by atoms with Crippen LogP contribution < -0.4 is 10.1 Å². The maximum absolute atomic E-state index is 13.4. The largest absolute Gasteiger partial charge is 0.493 e. The van der Waals surface area contributed by atoms with Gasteiger partial charge in [0.2, 0.25) is 0 Å². The minimum atomic E-state index is -0.268. The highest BCUT2D eigenvalue weighted by atomic mass is 79.9. The Morgan fingerprint density at radius 2 is 2.38 bits per heavy atom. The second-order valence-corrected chi connectivity index (χ2v) is 4.76. The van der Waals surface area contributed by atoms with E-state index in [1.165, 1.54) is 6.07 Å². The van der Waals surface area contributed by atoms with Gasteiger partial charge >= 0.3 is 0 Å². The molecule has 2 rings (SSSR count). The van der Waals surface area contributed by atoms with Crippen molar-refractivity contribution in [3.05, 3.63) is 28.0 Å². The Labute approximate surface area is 103 Å². The summed E-state index contributed by atoms with van der Waals surface area (Å²) in [5.74, 6) is 0.403. The zero-order valence-corrected chi connectivity index (χ0v) is 10.8. The predicted octanol–water partition coefficient (Wildman–Crippen LogP) is 3.41. The molecule has 0 saturated carbocycles. The van der Waals surface area contributed by atoms with Gasteiger partial charge in [-0.25, -0.2) is 4.39 Å². The van der Waals surface area contributed by atoms with Gasteiger partial charge in [0.25, 0.3) is 0 Å². The fraction of sp³-hybridized carbons (Fsp3) is 0.500. The van der Waals surface area contributed by atoms with E-state index in [4.69, 9.17) is 4.74 Å². The van der Waals surface area contributed by atoms with Crippen molar-refractivity contribution in [2.24, 2.45) is 0 Å². The summed E-state index contributed by atoms with van der Waals surface area (Å²) in [6, 6.07) is 3.55. The first-order chi connectivity index (χ1) is 7.72. The third kappa shape index (κ3) is 2.38. The first kappa shape index (κ1) is 11.9. The Hall–Kier alpha value is -0.610. The Morgan fingerprint density at radius 1 is 1.56 bits per heavy atom. The van der Waals surface area contributed by atoms with Crippen LogP contribution in [0.4, 0.5) is 4.39 Å². The van der Waals surface area contributed by atoms with Crippen LogP contribution in [0.15, 0.2) is 16.6 Å². The van der Waals surface area contributed by atoms with E-state index in [0.29, 0.717) is 16.8 Å². The molecule has 0 bridgehead atoms. The van der Waals surface area contributed by atoms with E-state index < -0.39 is 0 Å². The van der Waals surface area contributed by atoms with E-state index in [2.05, 4.69) is 28.2 Å². The fourth-order valence-corrected chi connectivity index (χ4v) is 2.39. The molecule has 1 atom stereocenters. The van der Waals surface area contributed by atoms with Crippen LogP contribution in [-0.4, -0.2) is 13.2 Å². The van der Waals surface area contributed by atoms with Crippen molar-refractivity contribution < 1.29 is 9.13 Å². The summed E-state index contributed by atoms with van der Waals surface area (Å²) in [4.78, 5) is 0. The summed E-state index contributed by atoms with van der Waals surface area (Å²) < 4.78 is 19.5. The molecule has 0 radical (unpaired) electrons. The Bertz CT molecular complexity index is 384. The second-order valence-electron chi connectivity index (χ2n) is 3.91. The number of hydrogen-bond donors (Lipinski definition) is 1. The van der Waals surface area contributed by atoms with Crippen molar-refractivity contribution in [3.63, 3.8) is 0 Å². The van der Waals surface area contributed by atoms with Crippen molar-refractivity contribution in [2.45, 2.75) is 25.8 Å². The van der Waals surface area contributed by atoms with Gasteiger partial charge in [-0.05, 0) is 41.4 Å². The quantitative estimate of drug-likeness (QED) is 0.900. The molecule has 1 unspecified atom stereocenters. The maximum Gasteiger partial charge on any atom is 0.141 e. The number of halogens is 2. The van der Waals surface area contributed by atoms with Crippen LogP contribution in [0.1, 0.15) is 31.4 Å². The summed E-state index contributed by atoms with van der Waals surface area (Å²) >= 11 is 3.22. The lowest BCUT2D eigenvalue weighted by molar-refractivity contribution is 0.314. The molecule has 0 aliphatic carbocycles. The molecule has 16 heavy (non-hydrogen) atoms. The molecular formula is C12H15BrFNO. The topological polar surface area (TPSA) is 21.3 Å². The highest BCUT2D eigenvalue weighted by molar-refractivity contribution is 9.10. The van der Waals surface area contributed by atoms with Gasteiger partial charge in [0.15, 0.2) is 0 Å². The maximum atomic E-state index is 13.4. The van der Waals surface area contributed by atoms with Crippen LogP contribution in [0.3, 0.4) is 0 Å². The van der Waals surface area contributed by atoms with Gasteiger partial charge < -0.3 is 10.1 Å². The molecule has 88 valence electrons. The third-order valence-corrected chi connectivity index (χ3v) is 3.38. The molecule has 1 aromatic rings. The number of benzene rings is 1. The summed E-state index contributed by atoms with van der Waals surface area (Å²) in [6.45, 7) is 3.64. The summed E-state index contributed by atoms with van der Waals surface area (Å²) in [7, 11) is 0. The summed E-state index contributed by atoms with van der Waals surface area (Å²) in [5.41, 5.74) is 1.05. The first-order valence-corrected chi connectivity index (χ1v) is 6.36. The second kappa shape index (κ2) is 5.15. The molecule has 1 N–H and O–H groups in total. The molecule has 0 aromatic heterocycles. The van der Waals surface area contributed by atoms with Crippen molar-refractivity contribution in [2.75, 3.05) is 13.2 Å². The average Bonchev–Trinajstić information content (AvgIpc) is 2.44. The van der Waals surface area contributed by atoms with Crippen molar-refractivity contribution in [3.8, 4) is 5.75 Å². The van der Waals surface area contributed by atoms with Crippen LogP contribution in [0.5, 0.6) is 5.75 Å². The van der Waals surface area contributed by atoms with E-state index in [-0.39, 0.29) is 11.9 Å². The smallest absolute Gasteiger partial charge is 0.141 e. The normalized spacial score (nSPS) is 19.8. The molecule has 0 saturated heterocycles. The Balaban J connectivity index is 2.39. The number of ether oxygens (including phenoxy) is 1. The van der Waals surface area contributed by atoms with E-state index in [1.807, 2.05) is 6.07 Å². The standard InChI is InChI=1S/C12H15BrFNO/c1-2-15-11-4-3-5-16-12-7-10(14)9(13)6-8(11)12/h6-7,11,15H,2-5H2,1H3. The average molecular weight is 288 g/mol. The Kier molecular flexibility index (Phi) is 3.82. The number of rotatable bonds is 2. The zero-order chi connectivity index (χ0) is 11.5. The molecule has 2 nitrogen and oxygen atoms in total. The van der Waals surface area contributed by atoms with Gasteiger partial charge in [0, 0.05) is 17.7 Å². The van der Waals surface area contributed by atoms with Crippen LogP contribution in [-0.2, 0) is 0 Å². The molecule has 0 amide bonds. The van der Waals surface area contributed by atoms with Crippen molar-refractivity contribution >= 4 is 15.9 Å². The number of nitrogens with one attached hydrogen (secondary N) is 1. The van der Waals surface area contributed by atoms with E-state index in [9.17, 15) is 4.39 Å². The molecule has 1 heterocycles. The lowest BCUT2D eigenvalue weighted by Crippen LogP contribution is -2.20. The van der Waals surface area contributed by atoms with Gasteiger partial charge in [-0.2, -0.15) is 0 Å². The van der Waals surface area contributed by atoms with Gasteiger partial charge in [0.1, 0.15) is 11.6 Å². The van der Waals surface area contributed by atoms with Gasteiger partial charge in [0.05, 0.1) is 11.1 Å². The predicted molar refractivity (Wildman–Crippen MR) is 65.2 cm³/mol. The van der Waals surface area contributed by atoms with E-state index in [0.717, 1.165) is 24.9 Å². The monoisotopic (exact) mass is 287 g/mol. The molecular weight excluding hydrogens is 273 g/mol. The highest BCUT2D eigenvalue weighted by Gasteiger charge is 2.20. The lowest BCUT2D eigenvalue weighted by Gasteiger charge is -2.17. The number of hydrogen-bond acceptors (Lipinski definition) is 2. The van der Waals surface area contributed by atoms with Crippen molar-refractivity contribution in [1.82, 2.24) is 5.32 Å². The van der Waals surface area contributed by atoms with E-state index >= 15 is 0 Å². The summed E-state index contributed by atoms with van der Waals surface area (Å²) in [6.07, 6.45) is 2.02. The van der Waals surface area contributed by atoms with Crippen LogP contribution in [0.2, 0.25) is 0 Å². The molecule has 0 fully saturated rings. The van der Waals surface area contributed by atoms with Gasteiger partial charge in [-0.3, -0.25) is 0 Å². The van der Waals surface area contributed by atoms with Gasteiger partial charge in [-0.1, -0.05) is 6.92 Å². The van der Waals surface area contributed by atoms with Gasteiger partial charge in [-0.15, -0.1) is 0 Å². The highest BCUT2D eigenvalue weighted by Crippen LogP contribution is 2.35. The third-order valence-electron chi connectivity index (χ3n) is 2.77. The van der Waals surface area contributed by atoms with Crippen LogP contribution in [0, 0.1) is 5.82 Å². The zero-order valence-electron chi connectivity index (χ0n) is 9.22. The minimum absolute atomic E-state index is 0.263. The lowest BCUT2D eigenvalue weighted by atomic mass is 10.0. The van der Waals surface area contributed by atoms with E-state index in [1.54, 1.807) is 0 Å². The van der Waals surface area contributed by atoms with Crippen molar-refractivity contribution in [1.29, 1.82) is 0 Å². The molecule has 4 heteroatoms. The Morgan fingerprint density at radius 3 is 3.12 bits per heavy atom. The van der Waals surface area contributed by atoms with Crippen LogP contribution >= 0.6 is 15.9 Å². The molecule has 1 aliphatic heterocycles. The number of fused-ring (bicyclic) bond motifs is 1.